The Morgan fingerprint density at radius 1 is 1.16 bits per heavy atom. The number of carbonyl (C=O) groups excluding carboxylic acids is 1. The number of anilines is 1. The number of hydrogen-bond donors (Lipinski definition) is 3. The molecule has 0 saturated heterocycles. The van der Waals surface area contributed by atoms with Gasteiger partial charge in [-0.15, -0.1) is 0 Å². The quantitative estimate of drug-likeness (QED) is 0.184. The molecule has 10 heteroatoms. The average molecular weight is 433 g/mol. The Morgan fingerprint density at radius 2 is 1.88 bits per heavy atom. The maximum absolute atomic E-state index is 12.4. The van der Waals surface area contributed by atoms with Crippen LogP contribution in [0, 0.1) is 0 Å². The number of H-pyrrole nitrogens is 1. The monoisotopic (exact) mass is 433 g/mol. The van der Waals surface area contributed by atoms with Crippen LogP contribution >= 0.6 is 0 Å². The van der Waals surface area contributed by atoms with Crippen molar-refractivity contribution >= 4 is 39.5 Å². The predicted octanol–water partition coefficient (Wildman–Crippen LogP) is 2.61. The van der Waals surface area contributed by atoms with Gasteiger partial charge in [0.05, 0.1) is 31.8 Å². The number of benzene rings is 2. The van der Waals surface area contributed by atoms with Crippen molar-refractivity contribution in [2.45, 2.75) is 6.92 Å². The van der Waals surface area contributed by atoms with Crippen LogP contribution in [-0.2, 0) is 0 Å². The number of amides is 1. The summed E-state index contributed by atoms with van der Waals surface area (Å²) in [6.45, 7) is 1.72. The maximum atomic E-state index is 12.4. The largest absolute Gasteiger partial charge is 0.493 e. The highest BCUT2D eigenvalue weighted by atomic mass is 16.5. The first kappa shape index (κ1) is 21.1. The zero-order chi connectivity index (χ0) is 22.7. The lowest BCUT2D eigenvalue weighted by molar-refractivity contribution is 0.0976. The van der Waals surface area contributed by atoms with E-state index in [2.05, 4.69) is 25.4 Å². The summed E-state index contributed by atoms with van der Waals surface area (Å²) >= 11 is 0. The summed E-state index contributed by atoms with van der Waals surface area (Å²) < 4.78 is 10.8. The first-order chi connectivity index (χ1) is 15.5. The van der Waals surface area contributed by atoms with Crippen molar-refractivity contribution in [2.75, 3.05) is 25.9 Å². The SMILES string of the molecule is COc1cc2[nH]c3ncnc(N(CN)/N=C(\C)NC(=O)c4ccccc4)c3c2cc1OC. The molecule has 0 unspecified atom stereocenters. The molecule has 0 aliphatic heterocycles. The number of fused-ring (bicyclic) bond motifs is 3. The van der Waals surface area contributed by atoms with E-state index in [1.165, 1.54) is 11.3 Å². The molecule has 2 aromatic carbocycles. The van der Waals surface area contributed by atoms with E-state index in [0.717, 1.165) is 16.3 Å². The molecule has 0 spiro atoms. The zero-order valence-electron chi connectivity index (χ0n) is 17.9. The molecule has 0 radical (unpaired) electrons. The number of hydrazone groups is 1. The molecule has 4 N–H and O–H groups in total. The molecule has 32 heavy (non-hydrogen) atoms. The van der Waals surface area contributed by atoms with E-state index in [0.29, 0.717) is 34.4 Å². The molecule has 2 heterocycles. The van der Waals surface area contributed by atoms with Crippen LogP contribution in [0.3, 0.4) is 0 Å². The van der Waals surface area contributed by atoms with Crippen LogP contribution < -0.4 is 25.5 Å². The minimum atomic E-state index is -0.263. The third-order valence-corrected chi connectivity index (χ3v) is 4.89. The van der Waals surface area contributed by atoms with Crippen LogP contribution in [0.4, 0.5) is 5.82 Å². The highest BCUT2D eigenvalue weighted by Gasteiger charge is 2.19. The average Bonchev–Trinajstić information content (AvgIpc) is 3.19. The van der Waals surface area contributed by atoms with E-state index in [-0.39, 0.29) is 12.6 Å². The maximum Gasteiger partial charge on any atom is 0.256 e. The highest BCUT2D eigenvalue weighted by molar-refractivity contribution is 6.12. The van der Waals surface area contributed by atoms with Gasteiger partial charge in [-0.1, -0.05) is 18.2 Å². The van der Waals surface area contributed by atoms with Crippen molar-refractivity contribution in [1.29, 1.82) is 0 Å². The minimum Gasteiger partial charge on any atom is -0.493 e. The molecule has 4 aromatic rings. The van der Waals surface area contributed by atoms with Gasteiger partial charge in [-0.2, -0.15) is 5.10 Å². The minimum absolute atomic E-state index is 0.0324. The van der Waals surface area contributed by atoms with Gasteiger partial charge >= 0.3 is 0 Å². The van der Waals surface area contributed by atoms with Crippen LogP contribution in [0.25, 0.3) is 21.9 Å². The normalized spacial score (nSPS) is 11.6. The summed E-state index contributed by atoms with van der Waals surface area (Å²) in [5.41, 5.74) is 7.93. The van der Waals surface area contributed by atoms with E-state index in [4.69, 9.17) is 15.2 Å². The van der Waals surface area contributed by atoms with Gasteiger partial charge in [0.25, 0.3) is 5.91 Å². The number of nitrogens with two attached hydrogens (primary N) is 1. The summed E-state index contributed by atoms with van der Waals surface area (Å²) in [5, 5.41) is 10.3. The number of aromatic amines is 1. The summed E-state index contributed by atoms with van der Waals surface area (Å²) in [5.74, 6) is 1.76. The molecule has 0 saturated carbocycles. The Hall–Kier alpha value is -4.18. The Bertz CT molecular complexity index is 1300. The summed E-state index contributed by atoms with van der Waals surface area (Å²) in [6.07, 6.45) is 1.43. The number of amidine groups is 1. The third kappa shape index (κ3) is 3.91. The number of hydrogen-bond acceptors (Lipinski definition) is 8. The molecule has 0 aliphatic rings. The van der Waals surface area contributed by atoms with Crippen LogP contribution in [0.15, 0.2) is 53.9 Å². The molecule has 10 nitrogen and oxygen atoms in total. The standard InChI is InChI=1S/C22H23N7O3/c1-13(26-22(30)14-7-5-4-6-8-14)28-29(11-23)21-19-15-9-17(31-2)18(32-3)10-16(15)27-20(19)24-12-25-21/h4-10,12H,11,23H2,1-3H3,(H,24,25,27)(H,26,28,30). The number of ether oxygens (including phenoxy) is 2. The first-order valence-electron chi connectivity index (χ1n) is 9.83. The summed E-state index contributed by atoms with van der Waals surface area (Å²) in [4.78, 5) is 24.4. The van der Waals surface area contributed by atoms with Gasteiger partial charge in [0.2, 0.25) is 0 Å². The second-order valence-corrected chi connectivity index (χ2v) is 6.89. The van der Waals surface area contributed by atoms with Crippen LogP contribution in [0.5, 0.6) is 11.5 Å². The molecule has 0 atom stereocenters. The van der Waals surface area contributed by atoms with Gasteiger partial charge in [0.15, 0.2) is 17.3 Å². The molecular weight excluding hydrogens is 410 g/mol. The molecule has 1 amide bonds. The predicted molar refractivity (Wildman–Crippen MR) is 123 cm³/mol. The number of rotatable bonds is 6. The van der Waals surface area contributed by atoms with Gasteiger partial charge in [0, 0.05) is 17.0 Å². The fraction of sp³-hybridized carbons (Fsp3) is 0.182. The number of methoxy groups -OCH3 is 2. The first-order valence-corrected chi connectivity index (χ1v) is 9.83. The second kappa shape index (κ2) is 8.90. The lowest BCUT2D eigenvalue weighted by atomic mass is 10.2. The van der Waals surface area contributed by atoms with Gasteiger partial charge in [-0.05, 0) is 25.1 Å². The molecular formula is C22H23N7O3. The van der Waals surface area contributed by atoms with Crippen molar-refractivity contribution in [1.82, 2.24) is 20.3 Å². The highest BCUT2D eigenvalue weighted by Crippen LogP contribution is 2.38. The number of carbonyl (C=O) groups is 1. The van der Waals surface area contributed by atoms with Crippen molar-refractivity contribution in [3.63, 3.8) is 0 Å². The molecule has 0 aliphatic carbocycles. The van der Waals surface area contributed by atoms with E-state index >= 15 is 0 Å². The van der Waals surface area contributed by atoms with Crippen LogP contribution in [0.2, 0.25) is 0 Å². The van der Waals surface area contributed by atoms with Crippen molar-refractivity contribution in [3.8, 4) is 11.5 Å². The number of nitrogens with one attached hydrogen (secondary N) is 2. The van der Waals surface area contributed by atoms with Gasteiger partial charge in [-0.25, -0.2) is 15.0 Å². The molecule has 4 rings (SSSR count). The third-order valence-electron chi connectivity index (χ3n) is 4.89. The lowest BCUT2D eigenvalue weighted by Crippen LogP contribution is -2.33. The van der Waals surface area contributed by atoms with Crippen molar-refractivity contribution in [2.24, 2.45) is 10.8 Å². The van der Waals surface area contributed by atoms with Gasteiger partial charge in [0.1, 0.15) is 17.8 Å². The fourth-order valence-electron chi connectivity index (χ4n) is 3.44. The second-order valence-electron chi connectivity index (χ2n) is 6.89. The van der Waals surface area contributed by atoms with Gasteiger partial charge in [-0.3, -0.25) is 4.79 Å². The van der Waals surface area contributed by atoms with E-state index in [9.17, 15) is 4.79 Å². The zero-order valence-corrected chi connectivity index (χ0v) is 17.9. The fourth-order valence-corrected chi connectivity index (χ4v) is 3.44. The van der Waals surface area contributed by atoms with Crippen molar-refractivity contribution < 1.29 is 14.3 Å². The number of nitrogens with zero attached hydrogens (tertiary/aromatic N) is 4. The smallest absolute Gasteiger partial charge is 0.256 e. The molecule has 0 bridgehead atoms. The molecule has 2 aromatic heterocycles. The van der Waals surface area contributed by atoms with E-state index in [1.807, 2.05) is 18.2 Å². The number of aromatic nitrogens is 3. The molecule has 0 fully saturated rings. The van der Waals surface area contributed by atoms with Crippen LogP contribution in [-0.4, -0.2) is 47.6 Å². The Morgan fingerprint density at radius 3 is 2.56 bits per heavy atom. The van der Waals surface area contributed by atoms with E-state index in [1.54, 1.807) is 45.4 Å². The Labute approximate surface area is 184 Å². The van der Waals surface area contributed by atoms with Gasteiger partial charge < -0.3 is 25.5 Å². The van der Waals surface area contributed by atoms with E-state index < -0.39 is 0 Å². The summed E-state index contributed by atoms with van der Waals surface area (Å²) in [7, 11) is 3.15. The molecule has 164 valence electrons. The Balaban J connectivity index is 1.75. The summed E-state index contributed by atoms with van der Waals surface area (Å²) in [6, 6.07) is 12.6. The topological polar surface area (TPSA) is 131 Å². The van der Waals surface area contributed by atoms with Crippen LogP contribution in [0.1, 0.15) is 17.3 Å². The lowest BCUT2D eigenvalue weighted by Gasteiger charge is -2.18. The Kier molecular flexibility index (Phi) is 5.86. The van der Waals surface area contributed by atoms with Crippen molar-refractivity contribution in [3.05, 3.63) is 54.4 Å².